The Balaban J connectivity index is -0.000000264. The smallest absolute Gasteiger partial charge is 1.00 e. The molecular weight excluding hydrogens is 704 g/mol. The Labute approximate surface area is 355 Å². The summed E-state index contributed by atoms with van der Waals surface area (Å²) in [5.74, 6) is 0.656. The average Bonchev–Trinajstić information content (AvgIpc) is 3.04. The van der Waals surface area contributed by atoms with Gasteiger partial charge in [0.2, 0.25) is 0 Å². The molecule has 0 saturated heterocycles. The van der Waals surface area contributed by atoms with E-state index in [-0.39, 0.29) is 145 Å². The topological polar surface area (TPSA) is 211 Å². The number of nitrogens with zero attached hydrogens (tertiary/aromatic N) is 3. The van der Waals surface area contributed by atoms with E-state index in [0.717, 1.165) is 0 Å². The van der Waals surface area contributed by atoms with Crippen LogP contribution in [-0.2, 0) is 9.68 Å². The molecule has 0 aliphatic carbocycles. The molecule has 15 heteroatoms. The van der Waals surface area contributed by atoms with Crippen LogP contribution in [0.2, 0.25) is 0 Å². The number of carbonyl (C=O) groups is 4. The first-order valence-corrected chi connectivity index (χ1v) is 12.8. The standard InChI is InChI=1S/C10H8BrNO2.C10H9NO2.C9H7NO2.CH2O3.2K.H/c1-14-10-3-2-7(9(13)5-11)4-8(10)6-12;1-7(12)8-3-4-10(13-2)9(5-8)6-11;1-6(11)7-2-3-9(12)8(4-7)5-10;2-1-4-3;;;/h2-4H,5H2,1H3;3-5H,1-2H3;2-4,12H,1H3;1,3H;;;/q;;;;2*+1;-1/p-1. The van der Waals surface area contributed by atoms with Crippen molar-refractivity contribution in [3.8, 4) is 35.5 Å². The van der Waals surface area contributed by atoms with E-state index in [0.29, 0.717) is 39.3 Å². The number of phenolic OH excluding ortho intramolecular Hbond substituents is 1. The van der Waals surface area contributed by atoms with Gasteiger partial charge < -0.3 is 26.2 Å². The van der Waals surface area contributed by atoms with Crippen LogP contribution < -0.4 is 118 Å². The molecule has 0 heterocycles. The van der Waals surface area contributed by atoms with Crippen molar-refractivity contribution in [3.63, 3.8) is 0 Å². The van der Waals surface area contributed by atoms with Gasteiger partial charge in [0.1, 0.15) is 35.5 Å². The van der Waals surface area contributed by atoms with E-state index in [2.05, 4.69) is 20.8 Å². The zero-order chi connectivity index (χ0) is 32.9. The van der Waals surface area contributed by atoms with Crippen molar-refractivity contribution in [2.75, 3.05) is 19.5 Å². The third-order valence-electron chi connectivity index (χ3n) is 5.05. The van der Waals surface area contributed by atoms with Gasteiger partial charge in [0.15, 0.2) is 17.3 Å². The number of hydrogen-bond donors (Lipinski definition) is 1. The summed E-state index contributed by atoms with van der Waals surface area (Å²) in [7, 11) is 2.98. The van der Waals surface area contributed by atoms with E-state index in [1.165, 1.54) is 58.4 Å². The number of aromatic hydroxyl groups is 1. The molecule has 0 atom stereocenters. The van der Waals surface area contributed by atoms with Crippen LogP contribution in [0.3, 0.4) is 0 Å². The fourth-order valence-electron chi connectivity index (χ4n) is 2.90. The number of hydrogen-bond acceptors (Lipinski definition) is 12. The number of carbonyl (C=O) groups excluding carboxylic acids is 4. The van der Waals surface area contributed by atoms with Crippen LogP contribution in [0.1, 0.15) is 63.0 Å². The molecule has 0 spiro atoms. The van der Waals surface area contributed by atoms with Gasteiger partial charge in [-0.2, -0.15) is 15.8 Å². The Hall–Kier alpha value is -2.28. The van der Waals surface area contributed by atoms with Gasteiger partial charge in [0.25, 0.3) is 6.47 Å². The van der Waals surface area contributed by atoms with Gasteiger partial charge in [-0.25, -0.2) is 0 Å². The van der Waals surface area contributed by atoms with Crippen molar-refractivity contribution in [1.82, 2.24) is 0 Å². The van der Waals surface area contributed by atoms with Gasteiger partial charge in [-0.1, -0.05) is 15.9 Å². The summed E-state index contributed by atoms with van der Waals surface area (Å²) in [4.78, 5) is 44.3. The molecule has 12 nitrogen and oxygen atoms in total. The number of alkyl halides is 1. The van der Waals surface area contributed by atoms with Crippen LogP contribution in [0.15, 0.2) is 54.6 Å². The Bertz CT molecular complexity index is 1590. The Morgan fingerprint density at radius 3 is 1.49 bits per heavy atom. The summed E-state index contributed by atoms with van der Waals surface area (Å²) in [6.45, 7) is 2.69. The van der Waals surface area contributed by atoms with E-state index in [1.54, 1.807) is 30.3 Å². The zero-order valence-electron chi connectivity index (χ0n) is 26.4. The fraction of sp³-hybridized carbons (Fsp3) is 0.167. The molecule has 0 aliphatic heterocycles. The van der Waals surface area contributed by atoms with Crippen LogP contribution >= 0.6 is 15.9 Å². The maximum Gasteiger partial charge on any atom is 1.00 e. The number of rotatable bonds is 7. The maximum atomic E-state index is 11.3. The number of ketones is 3. The quantitative estimate of drug-likeness (QED) is 0.0695. The van der Waals surface area contributed by atoms with Crippen LogP contribution in [0.25, 0.3) is 0 Å². The molecular formula is C30H26BrK2N3O9. The molecule has 0 aromatic heterocycles. The normalized spacial score (nSPS) is 8.33. The summed E-state index contributed by atoms with van der Waals surface area (Å²) >= 11 is 3.07. The molecule has 45 heavy (non-hydrogen) atoms. The number of nitriles is 3. The number of phenols is 1. The number of benzene rings is 3. The molecule has 0 unspecified atom stereocenters. The van der Waals surface area contributed by atoms with Crippen molar-refractivity contribution >= 4 is 39.8 Å². The largest absolute Gasteiger partial charge is 1.00 e. The first-order chi connectivity index (χ1) is 20.5. The molecule has 0 saturated carbocycles. The minimum Gasteiger partial charge on any atom is -1.00 e. The zero-order valence-corrected chi connectivity index (χ0v) is 33.2. The second kappa shape index (κ2) is 26.9. The third-order valence-corrected chi connectivity index (χ3v) is 5.56. The summed E-state index contributed by atoms with van der Waals surface area (Å²) in [5, 5.41) is 43.8. The molecule has 1 N–H and O–H groups in total. The third kappa shape index (κ3) is 17.3. The van der Waals surface area contributed by atoms with E-state index < -0.39 is 0 Å². The van der Waals surface area contributed by atoms with Gasteiger partial charge in [-0.05, 0) is 68.4 Å². The minimum atomic E-state index is -0.181. The number of halogens is 1. The maximum absolute atomic E-state index is 11.3. The Morgan fingerprint density at radius 2 is 1.16 bits per heavy atom. The van der Waals surface area contributed by atoms with Crippen molar-refractivity contribution in [3.05, 3.63) is 88.0 Å². The fourth-order valence-corrected chi connectivity index (χ4v) is 3.23. The van der Waals surface area contributed by atoms with E-state index >= 15 is 0 Å². The number of Topliss-reactive ketones (excluding diaryl/α,β-unsaturated/α-hetero) is 3. The van der Waals surface area contributed by atoms with Gasteiger partial charge >= 0.3 is 103 Å². The van der Waals surface area contributed by atoms with Gasteiger partial charge in [0.05, 0.1) is 36.2 Å². The van der Waals surface area contributed by atoms with Gasteiger partial charge in [0, 0.05) is 16.7 Å². The second-order valence-corrected chi connectivity index (χ2v) is 8.32. The molecule has 3 aromatic rings. The van der Waals surface area contributed by atoms with Gasteiger partial charge in [-0.3, -0.25) is 19.2 Å². The number of ether oxygens (including phenoxy) is 2. The SMILES string of the molecule is CC(=O)c1ccc(O)c(C#N)c1.COc1ccc(C(=O)CBr)cc1C#N.COc1ccc(C(C)=O)cc1C#N.O=CO[O-].[H-].[K+].[K+]. The summed E-state index contributed by atoms with van der Waals surface area (Å²) < 4.78 is 9.90. The predicted octanol–water partition coefficient (Wildman–Crippen LogP) is -2.06. The van der Waals surface area contributed by atoms with E-state index in [1.807, 2.05) is 12.1 Å². The van der Waals surface area contributed by atoms with Crippen LogP contribution in [0.5, 0.6) is 17.2 Å². The summed E-state index contributed by atoms with van der Waals surface area (Å²) in [6, 6.07) is 19.5. The van der Waals surface area contributed by atoms with E-state index in [9.17, 15) is 14.4 Å². The summed E-state index contributed by atoms with van der Waals surface area (Å²) in [6.07, 6.45) is 0. The monoisotopic (exact) mass is 729 g/mol. The van der Waals surface area contributed by atoms with Crippen LogP contribution in [-0.4, -0.2) is 48.5 Å². The molecule has 0 fully saturated rings. The molecule has 0 amide bonds. The summed E-state index contributed by atoms with van der Waals surface area (Å²) in [5.41, 5.74) is 2.36. The van der Waals surface area contributed by atoms with Crippen LogP contribution in [0.4, 0.5) is 0 Å². The Morgan fingerprint density at radius 1 is 0.800 bits per heavy atom. The molecule has 224 valence electrons. The van der Waals surface area contributed by atoms with Gasteiger partial charge in [-0.15, -0.1) is 0 Å². The minimum absolute atomic E-state index is 0. The Kier molecular flexibility index (Phi) is 28.2. The predicted molar refractivity (Wildman–Crippen MR) is 155 cm³/mol. The molecule has 0 bridgehead atoms. The first-order valence-electron chi connectivity index (χ1n) is 11.7. The van der Waals surface area contributed by atoms with Crippen molar-refractivity contribution in [2.45, 2.75) is 13.8 Å². The second-order valence-electron chi connectivity index (χ2n) is 7.76. The molecule has 0 radical (unpaired) electrons. The van der Waals surface area contributed by atoms with Crippen molar-refractivity contribution < 1.29 is 148 Å². The first kappa shape index (κ1) is 47.1. The van der Waals surface area contributed by atoms with Crippen molar-refractivity contribution in [1.29, 1.82) is 15.8 Å². The van der Waals surface area contributed by atoms with E-state index in [4.69, 9.17) is 40.4 Å². The molecule has 3 rings (SSSR count). The number of methoxy groups -OCH3 is 2. The van der Waals surface area contributed by atoms with Crippen molar-refractivity contribution in [2.24, 2.45) is 0 Å². The van der Waals surface area contributed by atoms with Crippen LogP contribution in [0, 0.1) is 34.0 Å². The molecule has 0 aliphatic rings. The average molecular weight is 731 g/mol. The molecule has 3 aromatic carbocycles.